The van der Waals surface area contributed by atoms with Gasteiger partial charge in [0, 0.05) is 18.7 Å². The maximum Gasteiger partial charge on any atom is 0.231 e. The minimum absolute atomic E-state index is 0.147. The Labute approximate surface area is 153 Å². The molecule has 0 N–H and O–H groups in total. The highest BCUT2D eigenvalue weighted by atomic mass is 16.7. The van der Waals surface area contributed by atoms with Gasteiger partial charge in [-0.1, -0.05) is 31.4 Å². The second-order valence-electron chi connectivity index (χ2n) is 6.93. The largest absolute Gasteiger partial charge is 0.454 e. The third-order valence-electron chi connectivity index (χ3n) is 5.17. The number of carbonyl (C=O) groups is 1. The summed E-state index contributed by atoms with van der Waals surface area (Å²) in [6, 6.07) is 11.9. The number of carbonyl (C=O) groups excluding carboxylic acids is 1. The molecule has 26 heavy (non-hydrogen) atoms. The molecule has 1 aromatic heterocycles. The molecule has 1 aliphatic heterocycles. The van der Waals surface area contributed by atoms with Crippen LogP contribution in [0.3, 0.4) is 0 Å². The summed E-state index contributed by atoms with van der Waals surface area (Å²) in [5, 5.41) is 0. The number of nitrogens with zero attached hydrogens (tertiary/aromatic N) is 2. The van der Waals surface area contributed by atoms with E-state index in [0.717, 1.165) is 35.7 Å². The zero-order valence-electron chi connectivity index (χ0n) is 14.9. The van der Waals surface area contributed by atoms with Crippen molar-refractivity contribution < 1.29 is 14.3 Å². The molecule has 136 valence electrons. The van der Waals surface area contributed by atoms with E-state index < -0.39 is 0 Å². The first-order valence-corrected chi connectivity index (χ1v) is 9.43. The first kappa shape index (κ1) is 16.9. The molecular formula is C21H24N2O3. The van der Waals surface area contributed by atoms with Crippen molar-refractivity contribution >= 4 is 11.7 Å². The first-order valence-electron chi connectivity index (χ1n) is 9.43. The Bertz CT molecular complexity index is 757. The van der Waals surface area contributed by atoms with Gasteiger partial charge in [0.2, 0.25) is 12.7 Å². The van der Waals surface area contributed by atoms with Crippen LogP contribution < -0.4 is 14.4 Å². The second kappa shape index (κ2) is 7.77. The van der Waals surface area contributed by atoms with Crippen LogP contribution in [-0.2, 0) is 11.2 Å². The average Bonchev–Trinajstić information content (AvgIpc) is 3.16. The van der Waals surface area contributed by atoms with Gasteiger partial charge in [0.15, 0.2) is 11.5 Å². The van der Waals surface area contributed by atoms with Crippen LogP contribution in [0.25, 0.3) is 0 Å². The molecular weight excluding hydrogens is 328 g/mol. The van der Waals surface area contributed by atoms with Crippen molar-refractivity contribution in [3.05, 3.63) is 48.2 Å². The second-order valence-corrected chi connectivity index (χ2v) is 6.93. The van der Waals surface area contributed by atoms with Gasteiger partial charge in [-0.25, -0.2) is 4.98 Å². The number of amides is 1. The van der Waals surface area contributed by atoms with Crippen LogP contribution >= 0.6 is 0 Å². The van der Waals surface area contributed by atoms with E-state index in [2.05, 4.69) is 4.98 Å². The number of aromatic nitrogens is 1. The molecule has 0 saturated heterocycles. The summed E-state index contributed by atoms with van der Waals surface area (Å²) in [6.45, 7) is 0.271. The SMILES string of the molecule is O=C(CCc1ccc2c(c1)OCO2)N(c1ccccn1)C1CCCCC1. The number of pyridine rings is 1. The van der Waals surface area contributed by atoms with E-state index >= 15 is 0 Å². The topological polar surface area (TPSA) is 51.7 Å². The van der Waals surface area contributed by atoms with Crippen LogP contribution in [0.4, 0.5) is 5.82 Å². The number of fused-ring (bicyclic) bond motifs is 1. The van der Waals surface area contributed by atoms with E-state index in [-0.39, 0.29) is 18.7 Å². The van der Waals surface area contributed by atoms with E-state index in [1.165, 1.54) is 19.3 Å². The van der Waals surface area contributed by atoms with Gasteiger partial charge in [-0.15, -0.1) is 0 Å². The quantitative estimate of drug-likeness (QED) is 0.813. The van der Waals surface area contributed by atoms with Crippen molar-refractivity contribution in [2.45, 2.75) is 51.0 Å². The molecule has 0 unspecified atom stereocenters. The highest BCUT2D eigenvalue weighted by molar-refractivity contribution is 5.93. The molecule has 0 radical (unpaired) electrons. The summed E-state index contributed by atoms with van der Waals surface area (Å²) in [6.07, 6.45) is 8.66. The monoisotopic (exact) mass is 352 g/mol. The van der Waals surface area contributed by atoms with E-state index in [4.69, 9.17) is 9.47 Å². The molecule has 4 rings (SSSR count). The summed E-state index contributed by atoms with van der Waals surface area (Å²) in [4.78, 5) is 19.5. The summed E-state index contributed by atoms with van der Waals surface area (Å²) >= 11 is 0. The fourth-order valence-corrected chi connectivity index (χ4v) is 3.82. The molecule has 5 nitrogen and oxygen atoms in total. The minimum atomic E-state index is 0.147. The van der Waals surface area contributed by atoms with E-state index in [1.807, 2.05) is 41.3 Å². The van der Waals surface area contributed by atoms with Crippen LogP contribution in [0.15, 0.2) is 42.6 Å². The standard InChI is InChI=1S/C21H24N2O3/c24-21(12-10-16-9-11-18-19(14-16)26-15-25-18)23(17-6-2-1-3-7-17)20-8-4-5-13-22-20/h4-5,8-9,11,13-14,17H,1-3,6-7,10,12,15H2. The molecule has 1 saturated carbocycles. The highest BCUT2D eigenvalue weighted by Crippen LogP contribution is 2.33. The molecule has 0 spiro atoms. The van der Waals surface area contributed by atoms with Gasteiger partial charge < -0.3 is 9.47 Å². The van der Waals surface area contributed by atoms with Crippen molar-refractivity contribution in [3.63, 3.8) is 0 Å². The number of rotatable bonds is 5. The molecule has 0 bridgehead atoms. The molecule has 0 atom stereocenters. The lowest BCUT2D eigenvalue weighted by Gasteiger charge is -2.33. The Morgan fingerprint density at radius 3 is 2.73 bits per heavy atom. The van der Waals surface area contributed by atoms with Crippen LogP contribution in [0.1, 0.15) is 44.1 Å². The molecule has 1 amide bonds. The van der Waals surface area contributed by atoms with Crippen LogP contribution in [-0.4, -0.2) is 23.7 Å². The van der Waals surface area contributed by atoms with Crippen molar-refractivity contribution in [2.75, 3.05) is 11.7 Å². The Balaban J connectivity index is 1.47. The highest BCUT2D eigenvalue weighted by Gasteiger charge is 2.27. The third kappa shape index (κ3) is 3.66. The molecule has 1 fully saturated rings. The summed E-state index contributed by atoms with van der Waals surface area (Å²) in [5.74, 6) is 2.46. The maximum absolute atomic E-state index is 13.1. The van der Waals surface area contributed by atoms with Gasteiger partial charge in [-0.2, -0.15) is 0 Å². The Hall–Kier alpha value is -2.56. The van der Waals surface area contributed by atoms with E-state index in [9.17, 15) is 4.79 Å². The number of benzene rings is 1. The summed E-state index contributed by atoms with van der Waals surface area (Å²) in [7, 11) is 0. The maximum atomic E-state index is 13.1. The Kier molecular flexibility index (Phi) is 5.04. The summed E-state index contributed by atoms with van der Waals surface area (Å²) < 4.78 is 10.8. The average molecular weight is 352 g/mol. The zero-order chi connectivity index (χ0) is 17.8. The molecule has 2 aliphatic rings. The minimum Gasteiger partial charge on any atom is -0.454 e. The fourth-order valence-electron chi connectivity index (χ4n) is 3.82. The predicted molar refractivity (Wildman–Crippen MR) is 99.5 cm³/mol. The molecule has 2 aromatic rings. The lowest BCUT2D eigenvalue weighted by atomic mass is 9.93. The van der Waals surface area contributed by atoms with Gasteiger partial charge in [0.1, 0.15) is 5.82 Å². The third-order valence-corrected chi connectivity index (χ3v) is 5.17. The van der Waals surface area contributed by atoms with Gasteiger partial charge >= 0.3 is 0 Å². The van der Waals surface area contributed by atoms with E-state index in [1.54, 1.807) is 6.20 Å². The van der Waals surface area contributed by atoms with Gasteiger partial charge in [0.25, 0.3) is 0 Å². The molecule has 1 aliphatic carbocycles. The van der Waals surface area contributed by atoms with Crippen molar-refractivity contribution in [1.29, 1.82) is 0 Å². The Morgan fingerprint density at radius 2 is 1.92 bits per heavy atom. The number of aryl methyl sites for hydroxylation is 1. The lowest BCUT2D eigenvalue weighted by molar-refractivity contribution is -0.119. The summed E-state index contributed by atoms with van der Waals surface area (Å²) in [5.41, 5.74) is 1.09. The fraction of sp³-hybridized carbons (Fsp3) is 0.429. The van der Waals surface area contributed by atoms with Gasteiger partial charge in [-0.3, -0.25) is 9.69 Å². The van der Waals surface area contributed by atoms with Gasteiger partial charge in [-0.05, 0) is 49.1 Å². The number of hydrogen-bond acceptors (Lipinski definition) is 4. The number of hydrogen-bond donors (Lipinski definition) is 0. The molecule has 1 aromatic carbocycles. The normalized spacial score (nSPS) is 16.5. The van der Waals surface area contributed by atoms with Gasteiger partial charge in [0.05, 0.1) is 0 Å². The molecule has 2 heterocycles. The van der Waals surface area contributed by atoms with Crippen molar-refractivity contribution in [3.8, 4) is 11.5 Å². The molecule has 5 heteroatoms. The van der Waals surface area contributed by atoms with E-state index in [0.29, 0.717) is 12.8 Å². The lowest BCUT2D eigenvalue weighted by Crippen LogP contribution is -2.42. The van der Waals surface area contributed by atoms with Crippen LogP contribution in [0, 0.1) is 0 Å². The number of ether oxygens (including phenoxy) is 2. The number of anilines is 1. The van der Waals surface area contributed by atoms with Crippen LogP contribution in [0.2, 0.25) is 0 Å². The van der Waals surface area contributed by atoms with Crippen LogP contribution in [0.5, 0.6) is 11.5 Å². The zero-order valence-corrected chi connectivity index (χ0v) is 14.9. The predicted octanol–water partition coefficient (Wildman–Crippen LogP) is 4.11. The van der Waals surface area contributed by atoms with Crippen molar-refractivity contribution in [1.82, 2.24) is 4.98 Å². The smallest absolute Gasteiger partial charge is 0.231 e. The van der Waals surface area contributed by atoms with Crippen molar-refractivity contribution in [2.24, 2.45) is 0 Å². The Morgan fingerprint density at radius 1 is 1.08 bits per heavy atom. The first-order chi connectivity index (χ1) is 12.8.